The first-order chi connectivity index (χ1) is 7.78. The third-order valence-corrected chi connectivity index (χ3v) is 4.49. The van der Waals surface area contributed by atoms with Gasteiger partial charge in [0, 0.05) is 25.2 Å². The second kappa shape index (κ2) is 4.02. The van der Waals surface area contributed by atoms with E-state index in [1.807, 2.05) is 0 Å². The molecule has 1 aliphatic carbocycles. The minimum atomic E-state index is 0.289. The number of rotatable bonds is 4. The summed E-state index contributed by atoms with van der Waals surface area (Å²) in [7, 11) is 0. The molecular weight excluding hydrogens is 200 g/mol. The van der Waals surface area contributed by atoms with Gasteiger partial charge >= 0.3 is 0 Å². The number of carbonyl (C=O) groups is 1. The van der Waals surface area contributed by atoms with Crippen LogP contribution >= 0.6 is 0 Å². The number of nitrogens with zero attached hydrogens (tertiary/aromatic N) is 1. The molecule has 2 aliphatic heterocycles. The number of hydrogen-bond acceptors (Lipinski definition) is 2. The second-order valence-electron chi connectivity index (χ2n) is 5.71. The molecule has 3 rings (SSSR count). The topological polar surface area (TPSA) is 32.3 Å². The van der Waals surface area contributed by atoms with Gasteiger partial charge in [0.15, 0.2) is 0 Å². The van der Waals surface area contributed by atoms with Gasteiger partial charge in [-0.05, 0) is 44.9 Å². The summed E-state index contributed by atoms with van der Waals surface area (Å²) in [6.07, 6.45) is 6.24. The molecule has 2 bridgehead atoms. The molecule has 1 saturated carbocycles. The van der Waals surface area contributed by atoms with E-state index in [9.17, 15) is 4.79 Å². The normalized spacial score (nSPS) is 36.7. The second-order valence-corrected chi connectivity index (χ2v) is 5.71. The Morgan fingerprint density at radius 2 is 2.12 bits per heavy atom. The van der Waals surface area contributed by atoms with Gasteiger partial charge in [-0.25, -0.2) is 0 Å². The molecule has 1 N–H and O–H groups in total. The van der Waals surface area contributed by atoms with E-state index in [-0.39, 0.29) is 5.92 Å². The molecule has 3 atom stereocenters. The van der Waals surface area contributed by atoms with Gasteiger partial charge in [-0.3, -0.25) is 4.79 Å². The highest BCUT2D eigenvalue weighted by Gasteiger charge is 2.44. The zero-order chi connectivity index (χ0) is 11.1. The number of hydrogen-bond donors (Lipinski definition) is 1. The quantitative estimate of drug-likeness (QED) is 0.779. The van der Waals surface area contributed by atoms with Crippen molar-refractivity contribution in [2.75, 3.05) is 13.1 Å². The Kier molecular flexibility index (Phi) is 2.66. The van der Waals surface area contributed by atoms with Crippen LogP contribution in [0, 0.1) is 11.8 Å². The zero-order valence-electron chi connectivity index (χ0n) is 10.1. The van der Waals surface area contributed by atoms with Crippen LogP contribution in [0.5, 0.6) is 0 Å². The third kappa shape index (κ3) is 1.86. The van der Waals surface area contributed by atoms with Crippen molar-refractivity contribution in [3.63, 3.8) is 0 Å². The van der Waals surface area contributed by atoms with Crippen LogP contribution in [-0.4, -0.2) is 36.0 Å². The lowest BCUT2D eigenvalue weighted by atomic mass is 9.88. The van der Waals surface area contributed by atoms with E-state index in [2.05, 4.69) is 17.1 Å². The van der Waals surface area contributed by atoms with Gasteiger partial charge in [-0.15, -0.1) is 0 Å². The summed E-state index contributed by atoms with van der Waals surface area (Å²) in [5, 5.41) is 3.56. The average molecular weight is 222 g/mol. The summed E-state index contributed by atoms with van der Waals surface area (Å²) in [5.74, 6) is 1.53. The maximum atomic E-state index is 12.4. The highest BCUT2D eigenvalue weighted by Crippen LogP contribution is 2.35. The molecule has 90 valence electrons. The van der Waals surface area contributed by atoms with Crippen LogP contribution in [-0.2, 0) is 4.79 Å². The lowest BCUT2D eigenvalue weighted by molar-refractivity contribution is -0.136. The van der Waals surface area contributed by atoms with Gasteiger partial charge in [0.1, 0.15) is 0 Å². The zero-order valence-corrected chi connectivity index (χ0v) is 10.1. The van der Waals surface area contributed by atoms with Gasteiger partial charge in [-0.2, -0.15) is 0 Å². The predicted octanol–water partition coefficient (Wildman–Crippen LogP) is 1.39. The molecule has 3 fully saturated rings. The van der Waals surface area contributed by atoms with E-state index in [1.165, 1.54) is 25.7 Å². The fraction of sp³-hybridized carbons (Fsp3) is 0.923. The highest BCUT2D eigenvalue weighted by atomic mass is 16.2. The molecule has 3 nitrogen and oxygen atoms in total. The smallest absolute Gasteiger partial charge is 0.227 e. The van der Waals surface area contributed by atoms with Crippen LogP contribution in [0.2, 0.25) is 0 Å². The number of nitrogens with one attached hydrogen (secondary N) is 1. The van der Waals surface area contributed by atoms with Crippen molar-refractivity contribution in [1.82, 2.24) is 10.2 Å². The Balaban J connectivity index is 1.61. The summed E-state index contributed by atoms with van der Waals surface area (Å²) in [4.78, 5) is 14.5. The number of amides is 1. The lowest BCUT2D eigenvalue weighted by Gasteiger charge is -2.27. The van der Waals surface area contributed by atoms with Crippen molar-refractivity contribution in [1.29, 1.82) is 0 Å². The van der Waals surface area contributed by atoms with E-state index >= 15 is 0 Å². The maximum absolute atomic E-state index is 12.4. The van der Waals surface area contributed by atoms with Crippen LogP contribution in [0.25, 0.3) is 0 Å². The van der Waals surface area contributed by atoms with E-state index < -0.39 is 0 Å². The fourth-order valence-electron chi connectivity index (χ4n) is 3.32. The molecule has 3 aliphatic rings. The van der Waals surface area contributed by atoms with E-state index in [0.29, 0.717) is 18.0 Å². The van der Waals surface area contributed by atoms with Gasteiger partial charge in [0.05, 0.1) is 5.92 Å². The maximum Gasteiger partial charge on any atom is 0.227 e. The lowest BCUT2D eigenvalue weighted by Crippen LogP contribution is -2.41. The first-order valence-corrected chi connectivity index (χ1v) is 6.82. The van der Waals surface area contributed by atoms with Gasteiger partial charge in [0.25, 0.3) is 0 Å². The number of fused-ring (bicyclic) bond motifs is 2. The average Bonchev–Trinajstić information content (AvgIpc) is 2.87. The van der Waals surface area contributed by atoms with Crippen molar-refractivity contribution in [2.24, 2.45) is 11.8 Å². The summed E-state index contributed by atoms with van der Waals surface area (Å²) >= 11 is 0. The van der Waals surface area contributed by atoms with Crippen LogP contribution < -0.4 is 5.32 Å². The fourth-order valence-corrected chi connectivity index (χ4v) is 3.32. The summed E-state index contributed by atoms with van der Waals surface area (Å²) in [5.41, 5.74) is 0. The first-order valence-electron chi connectivity index (χ1n) is 6.82. The molecule has 0 spiro atoms. The van der Waals surface area contributed by atoms with Crippen molar-refractivity contribution >= 4 is 5.91 Å². The standard InChI is InChI=1S/C13H22N2O/c1-2-15(8-9-3-4-9)13(16)11-7-10-5-6-12(11)14-10/h9-12,14H,2-8H2,1H3. The Morgan fingerprint density at radius 3 is 2.62 bits per heavy atom. The molecule has 0 radical (unpaired) electrons. The van der Waals surface area contributed by atoms with Crippen molar-refractivity contribution in [3.8, 4) is 0 Å². The molecule has 0 aromatic carbocycles. The Bertz CT molecular complexity index is 288. The van der Waals surface area contributed by atoms with Gasteiger partial charge < -0.3 is 10.2 Å². The molecular formula is C13H22N2O. The van der Waals surface area contributed by atoms with Crippen LogP contribution in [0.3, 0.4) is 0 Å². The molecule has 2 saturated heterocycles. The summed E-state index contributed by atoms with van der Waals surface area (Å²) in [6, 6.07) is 1.13. The van der Waals surface area contributed by atoms with Gasteiger partial charge in [-0.1, -0.05) is 0 Å². The summed E-state index contributed by atoms with van der Waals surface area (Å²) in [6.45, 7) is 4.02. The van der Waals surface area contributed by atoms with Crippen LogP contribution in [0.4, 0.5) is 0 Å². The Hall–Kier alpha value is -0.570. The molecule has 2 heterocycles. The van der Waals surface area contributed by atoms with Crippen LogP contribution in [0.15, 0.2) is 0 Å². The number of carbonyl (C=O) groups excluding carboxylic acids is 1. The molecule has 0 aromatic heterocycles. The minimum absolute atomic E-state index is 0.289. The molecule has 0 aromatic rings. The monoisotopic (exact) mass is 222 g/mol. The molecule has 3 unspecified atom stereocenters. The Labute approximate surface area is 97.6 Å². The van der Waals surface area contributed by atoms with Gasteiger partial charge in [0.2, 0.25) is 5.91 Å². The van der Waals surface area contributed by atoms with Crippen molar-refractivity contribution in [2.45, 2.75) is 51.1 Å². The Morgan fingerprint density at radius 1 is 1.31 bits per heavy atom. The summed E-state index contributed by atoms with van der Waals surface area (Å²) < 4.78 is 0. The van der Waals surface area contributed by atoms with Crippen molar-refractivity contribution in [3.05, 3.63) is 0 Å². The third-order valence-electron chi connectivity index (χ3n) is 4.49. The van der Waals surface area contributed by atoms with Crippen molar-refractivity contribution < 1.29 is 4.79 Å². The first kappa shape index (κ1) is 10.6. The van der Waals surface area contributed by atoms with E-state index in [4.69, 9.17) is 0 Å². The largest absolute Gasteiger partial charge is 0.342 e. The minimum Gasteiger partial charge on any atom is -0.342 e. The molecule has 16 heavy (non-hydrogen) atoms. The predicted molar refractivity (Wildman–Crippen MR) is 63.0 cm³/mol. The highest BCUT2D eigenvalue weighted by molar-refractivity contribution is 5.80. The van der Waals surface area contributed by atoms with E-state index in [1.54, 1.807) is 0 Å². The van der Waals surface area contributed by atoms with Crippen LogP contribution in [0.1, 0.15) is 39.0 Å². The van der Waals surface area contributed by atoms with E-state index in [0.717, 1.165) is 25.4 Å². The molecule has 1 amide bonds. The molecule has 3 heteroatoms. The SMILES string of the molecule is CCN(CC1CC1)C(=O)C1CC2CCC1N2.